The van der Waals surface area contributed by atoms with Crippen LogP contribution >= 0.6 is 15.9 Å². The maximum Gasteiger partial charge on any atom is 0.325 e. The molecule has 2 aliphatic heterocycles. The molecule has 0 aliphatic carbocycles. The number of aliphatic imine (C=N–C) groups is 1. The number of hydrogen-bond acceptors (Lipinski definition) is 5. The van der Waals surface area contributed by atoms with Crippen molar-refractivity contribution in [3.05, 3.63) is 64.1 Å². The van der Waals surface area contributed by atoms with E-state index in [9.17, 15) is 4.79 Å². The van der Waals surface area contributed by atoms with Crippen molar-refractivity contribution < 1.29 is 19.2 Å². The van der Waals surface area contributed by atoms with Crippen LogP contribution in [-0.4, -0.2) is 63.2 Å². The third-order valence-electron chi connectivity index (χ3n) is 5.72. The number of esters is 1. The first-order valence-electron chi connectivity index (χ1n) is 10.3. The summed E-state index contributed by atoms with van der Waals surface area (Å²) in [5, 5.41) is 0. The van der Waals surface area contributed by atoms with E-state index in [1.807, 2.05) is 30.3 Å². The van der Waals surface area contributed by atoms with Gasteiger partial charge in [-0.15, -0.1) is 0 Å². The number of benzene rings is 2. The maximum atomic E-state index is 12.3. The second kappa shape index (κ2) is 9.73. The van der Waals surface area contributed by atoms with Gasteiger partial charge in [-0.25, -0.2) is 4.99 Å². The smallest absolute Gasteiger partial charge is 0.325 e. The van der Waals surface area contributed by atoms with Gasteiger partial charge in [0.25, 0.3) is 0 Å². The fourth-order valence-electron chi connectivity index (χ4n) is 4.15. The lowest BCUT2D eigenvalue weighted by atomic mass is 9.93. The highest BCUT2D eigenvalue weighted by atomic mass is 79.9. The van der Waals surface area contributed by atoms with Crippen LogP contribution in [0.1, 0.15) is 23.6 Å². The van der Waals surface area contributed by atoms with Crippen LogP contribution in [0.4, 0.5) is 5.69 Å². The van der Waals surface area contributed by atoms with Gasteiger partial charge in [0.2, 0.25) is 0 Å². The standard InChI is InChI=1S/C23H26BrN3O3/c1-29-22(28)16-27-21(9-10-26-11-13-30-14-12-26)25-20-8-7-18(24)15-19(20)23(27)17-5-3-2-4-6-17/h2-8,15,23H,9-14,16H2,1H3/p+1/t23-/m0/s1. The van der Waals surface area contributed by atoms with Gasteiger partial charge < -0.3 is 19.3 Å². The van der Waals surface area contributed by atoms with Crippen molar-refractivity contribution in [2.24, 2.45) is 4.99 Å². The first-order valence-corrected chi connectivity index (χ1v) is 11.1. The number of ether oxygens (including phenoxy) is 2. The van der Waals surface area contributed by atoms with Crippen LogP contribution in [0.5, 0.6) is 0 Å². The summed E-state index contributed by atoms with van der Waals surface area (Å²) in [4.78, 5) is 20.9. The van der Waals surface area contributed by atoms with E-state index in [0.29, 0.717) is 0 Å². The topological polar surface area (TPSA) is 55.6 Å². The molecule has 7 heteroatoms. The molecule has 2 aromatic carbocycles. The molecule has 0 spiro atoms. The molecule has 2 aromatic rings. The number of methoxy groups -OCH3 is 1. The zero-order valence-corrected chi connectivity index (χ0v) is 18.7. The number of fused-ring (bicyclic) bond motifs is 1. The van der Waals surface area contributed by atoms with Crippen molar-refractivity contribution in [3.8, 4) is 0 Å². The van der Waals surface area contributed by atoms with E-state index in [4.69, 9.17) is 14.5 Å². The summed E-state index contributed by atoms with van der Waals surface area (Å²) in [7, 11) is 1.43. The lowest BCUT2D eigenvalue weighted by molar-refractivity contribution is -0.907. The van der Waals surface area contributed by atoms with Gasteiger partial charge in [-0.05, 0) is 23.8 Å². The summed E-state index contributed by atoms with van der Waals surface area (Å²) < 4.78 is 11.5. The van der Waals surface area contributed by atoms with Gasteiger partial charge in [0, 0.05) is 10.0 Å². The lowest BCUT2D eigenvalue weighted by Gasteiger charge is -2.38. The van der Waals surface area contributed by atoms with Gasteiger partial charge in [-0.1, -0.05) is 46.3 Å². The van der Waals surface area contributed by atoms with Crippen LogP contribution in [0.2, 0.25) is 0 Å². The fraction of sp³-hybridized carbons (Fsp3) is 0.391. The lowest BCUT2D eigenvalue weighted by Crippen LogP contribution is -3.14. The maximum absolute atomic E-state index is 12.3. The predicted octanol–water partition coefficient (Wildman–Crippen LogP) is 2.36. The summed E-state index contributed by atoms with van der Waals surface area (Å²) in [5.74, 6) is 0.670. The Morgan fingerprint density at radius 1 is 1.23 bits per heavy atom. The molecule has 0 amide bonds. The normalized spacial score (nSPS) is 19.2. The van der Waals surface area contributed by atoms with Crippen molar-refractivity contribution in [2.75, 3.05) is 46.5 Å². The summed E-state index contributed by atoms with van der Waals surface area (Å²) in [6.07, 6.45) is 0.797. The van der Waals surface area contributed by atoms with Crippen molar-refractivity contribution in [1.82, 2.24) is 4.90 Å². The minimum absolute atomic E-state index is 0.0926. The largest absolute Gasteiger partial charge is 0.468 e. The predicted molar refractivity (Wildman–Crippen MR) is 119 cm³/mol. The van der Waals surface area contributed by atoms with Gasteiger partial charge in [0.15, 0.2) is 0 Å². The van der Waals surface area contributed by atoms with Crippen LogP contribution in [0.25, 0.3) is 0 Å². The average molecular weight is 473 g/mol. The van der Waals surface area contributed by atoms with Crippen molar-refractivity contribution in [2.45, 2.75) is 12.5 Å². The highest BCUT2D eigenvalue weighted by Gasteiger charge is 2.33. The molecule has 30 heavy (non-hydrogen) atoms. The Morgan fingerprint density at radius 2 is 2.00 bits per heavy atom. The number of rotatable bonds is 6. The molecule has 1 saturated heterocycles. The number of nitrogens with zero attached hydrogens (tertiary/aromatic N) is 2. The number of hydrogen-bond donors (Lipinski definition) is 1. The van der Waals surface area contributed by atoms with Crippen molar-refractivity contribution in [3.63, 3.8) is 0 Å². The van der Waals surface area contributed by atoms with E-state index in [-0.39, 0.29) is 18.6 Å². The quantitative estimate of drug-likeness (QED) is 0.655. The molecule has 0 bridgehead atoms. The number of carbonyl (C=O) groups is 1. The average Bonchev–Trinajstić information content (AvgIpc) is 2.79. The highest BCUT2D eigenvalue weighted by Crippen LogP contribution is 2.40. The third kappa shape index (κ3) is 4.74. The van der Waals surface area contributed by atoms with Crippen molar-refractivity contribution in [1.29, 1.82) is 0 Å². The molecule has 0 unspecified atom stereocenters. The Labute approximate surface area is 185 Å². The van der Waals surface area contributed by atoms with Crippen molar-refractivity contribution >= 4 is 33.4 Å². The van der Waals surface area contributed by atoms with E-state index in [0.717, 1.165) is 66.4 Å². The SMILES string of the molecule is COC(=O)CN1C(CC[NH+]2CCOCC2)=Nc2ccc(Br)cc2[C@@H]1c1ccccc1. The van der Waals surface area contributed by atoms with E-state index in [1.54, 1.807) is 0 Å². The highest BCUT2D eigenvalue weighted by molar-refractivity contribution is 9.10. The van der Waals surface area contributed by atoms with Crippen LogP contribution in [0, 0.1) is 0 Å². The van der Waals surface area contributed by atoms with Crippen LogP contribution in [0.15, 0.2) is 58.0 Å². The Morgan fingerprint density at radius 3 is 2.73 bits per heavy atom. The minimum atomic E-state index is -0.263. The molecule has 0 saturated carbocycles. The molecular formula is C23H27BrN3O3+. The molecule has 2 heterocycles. The van der Waals surface area contributed by atoms with Gasteiger partial charge >= 0.3 is 5.97 Å². The first-order chi connectivity index (χ1) is 14.7. The number of halogens is 1. The zero-order chi connectivity index (χ0) is 20.9. The monoisotopic (exact) mass is 472 g/mol. The van der Waals surface area contributed by atoms with E-state index in [2.05, 4.69) is 39.0 Å². The first kappa shape index (κ1) is 21.0. The van der Waals surface area contributed by atoms with Crippen LogP contribution in [0.3, 0.4) is 0 Å². The van der Waals surface area contributed by atoms with Gasteiger partial charge in [-0.2, -0.15) is 0 Å². The number of amidine groups is 1. The second-order valence-corrected chi connectivity index (χ2v) is 8.53. The van der Waals surface area contributed by atoms with E-state index < -0.39 is 0 Å². The Balaban J connectivity index is 1.71. The molecule has 2 aliphatic rings. The van der Waals surface area contributed by atoms with Crippen LogP contribution < -0.4 is 4.90 Å². The second-order valence-electron chi connectivity index (χ2n) is 7.61. The molecule has 1 atom stereocenters. The molecule has 6 nitrogen and oxygen atoms in total. The molecule has 1 N–H and O–H groups in total. The third-order valence-corrected chi connectivity index (χ3v) is 6.21. The molecule has 4 rings (SSSR count). The Hall–Kier alpha value is -2.22. The molecule has 1 fully saturated rings. The molecular weight excluding hydrogens is 446 g/mol. The summed E-state index contributed by atoms with van der Waals surface area (Å²) in [6, 6.07) is 16.4. The number of carbonyl (C=O) groups excluding carboxylic acids is 1. The summed E-state index contributed by atoms with van der Waals surface area (Å²) in [6.45, 7) is 4.76. The fourth-order valence-corrected chi connectivity index (χ4v) is 4.52. The minimum Gasteiger partial charge on any atom is -0.468 e. The zero-order valence-electron chi connectivity index (χ0n) is 17.1. The summed E-state index contributed by atoms with van der Waals surface area (Å²) >= 11 is 3.60. The Kier molecular flexibility index (Phi) is 6.82. The molecule has 0 radical (unpaired) electrons. The van der Waals surface area contributed by atoms with Gasteiger partial charge in [0.05, 0.1) is 45.0 Å². The number of quaternary nitrogens is 1. The van der Waals surface area contributed by atoms with E-state index in [1.165, 1.54) is 12.0 Å². The summed E-state index contributed by atoms with van der Waals surface area (Å²) in [5.41, 5.74) is 3.17. The molecule has 0 aromatic heterocycles. The van der Waals surface area contributed by atoms with Gasteiger partial charge in [-0.3, -0.25) is 4.79 Å². The number of morpholine rings is 1. The van der Waals surface area contributed by atoms with Gasteiger partial charge in [0.1, 0.15) is 25.5 Å². The Bertz CT molecular complexity index is 913. The number of nitrogens with one attached hydrogen (secondary N) is 1. The molecule has 158 valence electrons. The van der Waals surface area contributed by atoms with Crippen LogP contribution in [-0.2, 0) is 14.3 Å². The van der Waals surface area contributed by atoms with E-state index >= 15 is 0 Å².